The van der Waals surface area contributed by atoms with Gasteiger partial charge in [-0.15, -0.1) is 5.10 Å². The molecule has 0 radical (unpaired) electrons. The third kappa shape index (κ3) is 3.29. The average molecular weight is 290 g/mol. The monoisotopic (exact) mass is 289 g/mol. The molecule has 1 heterocycles. The predicted octanol–water partition coefficient (Wildman–Crippen LogP) is 3.36. The minimum atomic E-state index is 0.444. The Hall–Kier alpha value is -0.880. The number of rotatable bonds is 4. The summed E-state index contributed by atoms with van der Waals surface area (Å²) in [5, 5.41) is 13.2. The molecule has 0 aliphatic carbocycles. The van der Waals surface area contributed by atoms with Gasteiger partial charge in [0.2, 0.25) is 0 Å². The SMILES string of the molecule is CNCc1nnc(Oc2cc(Cl)ccc2Cl)s1. The number of benzene rings is 1. The van der Waals surface area contributed by atoms with Gasteiger partial charge < -0.3 is 10.1 Å². The van der Waals surface area contributed by atoms with Gasteiger partial charge in [0.15, 0.2) is 0 Å². The van der Waals surface area contributed by atoms with Crippen molar-refractivity contribution in [2.24, 2.45) is 0 Å². The Balaban J connectivity index is 2.16. The molecule has 0 unspecified atom stereocenters. The molecular formula is C10H9Cl2N3OS. The van der Waals surface area contributed by atoms with Gasteiger partial charge in [-0.2, -0.15) is 0 Å². The maximum absolute atomic E-state index is 5.97. The first-order valence-electron chi connectivity index (χ1n) is 4.79. The van der Waals surface area contributed by atoms with E-state index in [1.54, 1.807) is 18.2 Å². The summed E-state index contributed by atoms with van der Waals surface area (Å²) in [6.45, 7) is 0.657. The van der Waals surface area contributed by atoms with Crippen LogP contribution in [0.1, 0.15) is 5.01 Å². The number of nitrogens with zero attached hydrogens (tertiary/aromatic N) is 2. The van der Waals surface area contributed by atoms with Gasteiger partial charge in [-0.1, -0.05) is 39.6 Å². The zero-order chi connectivity index (χ0) is 12.3. The fourth-order valence-corrected chi connectivity index (χ4v) is 2.18. The van der Waals surface area contributed by atoms with Crippen LogP contribution in [0.5, 0.6) is 10.9 Å². The van der Waals surface area contributed by atoms with Crippen molar-refractivity contribution in [1.82, 2.24) is 15.5 Å². The van der Waals surface area contributed by atoms with Crippen LogP contribution in [0.3, 0.4) is 0 Å². The van der Waals surface area contributed by atoms with Crippen molar-refractivity contribution in [2.75, 3.05) is 7.05 Å². The second-order valence-corrected chi connectivity index (χ2v) is 5.04. The molecule has 17 heavy (non-hydrogen) atoms. The number of ether oxygens (including phenoxy) is 1. The third-order valence-corrected chi connectivity index (χ3v) is 3.22. The molecule has 0 atom stereocenters. The minimum absolute atomic E-state index is 0.444. The maximum Gasteiger partial charge on any atom is 0.299 e. The topological polar surface area (TPSA) is 47.0 Å². The van der Waals surface area contributed by atoms with Crippen LogP contribution < -0.4 is 10.1 Å². The van der Waals surface area contributed by atoms with Gasteiger partial charge in [-0.3, -0.25) is 0 Å². The standard InChI is InChI=1S/C10H9Cl2N3OS/c1-13-5-9-14-15-10(17-9)16-8-4-6(11)2-3-7(8)12/h2-4,13H,5H2,1H3. The molecule has 0 saturated carbocycles. The Bertz CT molecular complexity index is 518. The van der Waals surface area contributed by atoms with Crippen LogP contribution >= 0.6 is 34.5 Å². The van der Waals surface area contributed by atoms with Crippen molar-refractivity contribution in [3.8, 4) is 10.9 Å². The van der Waals surface area contributed by atoms with E-state index in [2.05, 4.69) is 15.5 Å². The van der Waals surface area contributed by atoms with Crippen molar-refractivity contribution in [2.45, 2.75) is 6.54 Å². The molecule has 1 aromatic heterocycles. The molecule has 0 bridgehead atoms. The molecule has 1 aromatic carbocycles. The second kappa shape index (κ2) is 5.64. The quantitative estimate of drug-likeness (QED) is 0.938. The maximum atomic E-state index is 5.97. The van der Waals surface area contributed by atoms with E-state index in [-0.39, 0.29) is 0 Å². The van der Waals surface area contributed by atoms with E-state index in [0.717, 1.165) is 5.01 Å². The van der Waals surface area contributed by atoms with Crippen molar-refractivity contribution in [3.63, 3.8) is 0 Å². The summed E-state index contributed by atoms with van der Waals surface area (Å²) in [6, 6.07) is 5.01. The number of nitrogens with one attached hydrogen (secondary N) is 1. The van der Waals surface area contributed by atoms with Crippen molar-refractivity contribution >= 4 is 34.5 Å². The highest BCUT2D eigenvalue weighted by Gasteiger charge is 2.08. The highest BCUT2D eigenvalue weighted by atomic mass is 35.5. The number of halogens is 2. The van der Waals surface area contributed by atoms with Gasteiger partial charge in [-0.25, -0.2) is 0 Å². The lowest BCUT2D eigenvalue weighted by Crippen LogP contribution is -2.04. The van der Waals surface area contributed by atoms with Crippen LogP contribution in [0.4, 0.5) is 0 Å². The highest BCUT2D eigenvalue weighted by molar-refractivity contribution is 7.13. The Kier molecular flexibility index (Phi) is 4.17. The summed E-state index contributed by atoms with van der Waals surface area (Å²) in [5.41, 5.74) is 0. The zero-order valence-electron chi connectivity index (χ0n) is 8.91. The molecule has 2 rings (SSSR count). The summed E-state index contributed by atoms with van der Waals surface area (Å²) in [4.78, 5) is 0. The molecular weight excluding hydrogens is 281 g/mol. The lowest BCUT2D eigenvalue weighted by atomic mass is 10.3. The van der Waals surface area contributed by atoms with Gasteiger partial charge in [0.25, 0.3) is 5.19 Å². The summed E-state index contributed by atoms with van der Waals surface area (Å²) in [6.07, 6.45) is 0. The van der Waals surface area contributed by atoms with Gasteiger partial charge in [0.05, 0.1) is 5.02 Å². The van der Waals surface area contributed by atoms with E-state index in [4.69, 9.17) is 27.9 Å². The van der Waals surface area contributed by atoms with Crippen LogP contribution in [0.15, 0.2) is 18.2 Å². The summed E-state index contributed by atoms with van der Waals surface area (Å²) >= 11 is 13.2. The molecule has 4 nitrogen and oxygen atoms in total. The van der Waals surface area contributed by atoms with E-state index < -0.39 is 0 Å². The van der Waals surface area contributed by atoms with Crippen molar-refractivity contribution in [1.29, 1.82) is 0 Å². The Morgan fingerprint density at radius 1 is 1.35 bits per heavy atom. The van der Waals surface area contributed by atoms with Crippen LogP contribution in [0.2, 0.25) is 10.0 Å². The van der Waals surface area contributed by atoms with Crippen LogP contribution in [0, 0.1) is 0 Å². The van der Waals surface area contributed by atoms with E-state index >= 15 is 0 Å². The molecule has 0 fully saturated rings. The van der Waals surface area contributed by atoms with Crippen LogP contribution in [-0.4, -0.2) is 17.2 Å². The van der Waals surface area contributed by atoms with Gasteiger partial charge >= 0.3 is 0 Å². The van der Waals surface area contributed by atoms with E-state index in [1.165, 1.54) is 11.3 Å². The molecule has 7 heteroatoms. The van der Waals surface area contributed by atoms with E-state index in [9.17, 15) is 0 Å². The predicted molar refractivity (Wildman–Crippen MR) is 69.2 cm³/mol. The molecule has 0 saturated heterocycles. The number of hydrogen-bond acceptors (Lipinski definition) is 5. The zero-order valence-corrected chi connectivity index (χ0v) is 11.2. The Morgan fingerprint density at radius 2 is 2.18 bits per heavy atom. The van der Waals surface area contributed by atoms with Crippen molar-refractivity contribution in [3.05, 3.63) is 33.3 Å². The third-order valence-electron chi connectivity index (χ3n) is 1.87. The first-order chi connectivity index (χ1) is 8.19. The van der Waals surface area contributed by atoms with E-state index in [1.807, 2.05) is 7.05 Å². The number of hydrogen-bond donors (Lipinski definition) is 1. The first-order valence-corrected chi connectivity index (χ1v) is 6.36. The fraction of sp³-hybridized carbons (Fsp3) is 0.200. The molecule has 90 valence electrons. The minimum Gasteiger partial charge on any atom is -0.428 e. The Labute approximate surface area is 113 Å². The average Bonchev–Trinajstić information content (AvgIpc) is 2.72. The summed E-state index contributed by atoms with van der Waals surface area (Å²) in [5.74, 6) is 0.478. The first kappa shape index (κ1) is 12.6. The Morgan fingerprint density at radius 3 is 2.94 bits per heavy atom. The molecule has 0 spiro atoms. The fourth-order valence-electron chi connectivity index (χ4n) is 1.15. The van der Waals surface area contributed by atoms with Crippen LogP contribution in [0.25, 0.3) is 0 Å². The van der Waals surface area contributed by atoms with Crippen LogP contribution in [-0.2, 0) is 6.54 Å². The molecule has 0 aliphatic rings. The van der Waals surface area contributed by atoms with E-state index in [0.29, 0.717) is 27.5 Å². The molecule has 1 N–H and O–H groups in total. The molecule has 2 aromatic rings. The highest BCUT2D eigenvalue weighted by Crippen LogP contribution is 2.32. The lowest BCUT2D eigenvalue weighted by molar-refractivity contribution is 0.473. The van der Waals surface area contributed by atoms with Gasteiger partial charge in [0.1, 0.15) is 10.8 Å². The van der Waals surface area contributed by atoms with Gasteiger partial charge in [0, 0.05) is 17.6 Å². The van der Waals surface area contributed by atoms with Gasteiger partial charge in [-0.05, 0) is 19.2 Å². The number of aromatic nitrogens is 2. The molecule has 0 aliphatic heterocycles. The largest absolute Gasteiger partial charge is 0.428 e. The molecule has 0 amide bonds. The smallest absolute Gasteiger partial charge is 0.299 e. The summed E-state index contributed by atoms with van der Waals surface area (Å²) in [7, 11) is 1.84. The summed E-state index contributed by atoms with van der Waals surface area (Å²) < 4.78 is 5.52. The van der Waals surface area contributed by atoms with Crippen molar-refractivity contribution < 1.29 is 4.74 Å². The second-order valence-electron chi connectivity index (χ2n) is 3.17. The normalized spacial score (nSPS) is 10.5. The lowest BCUT2D eigenvalue weighted by Gasteiger charge is -2.03.